The van der Waals surface area contributed by atoms with Crippen LogP contribution in [0, 0.1) is 6.92 Å². The summed E-state index contributed by atoms with van der Waals surface area (Å²) in [5, 5.41) is 3.30. The van der Waals surface area contributed by atoms with Gasteiger partial charge in [0.05, 0.1) is 37.9 Å². The maximum Gasteiger partial charge on any atom is 0.337 e. The average molecular weight is 464 g/mol. The highest BCUT2D eigenvalue weighted by Gasteiger charge is 2.42. The summed E-state index contributed by atoms with van der Waals surface area (Å²) >= 11 is 0. The van der Waals surface area contributed by atoms with Gasteiger partial charge in [-0.1, -0.05) is 35.9 Å². The van der Waals surface area contributed by atoms with Gasteiger partial charge in [0.2, 0.25) is 0 Å². The van der Waals surface area contributed by atoms with E-state index in [4.69, 9.17) is 18.9 Å². The van der Waals surface area contributed by atoms with Crippen molar-refractivity contribution >= 4 is 11.9 Å². The van der Waals surface area contributed by atoms with Crippen LogP contribution in [0.5, 0.6) is 11.5 Å². The highest BCUT2D eigenvalue weighted by atomic mass is 16.5. The number of hydrogen-bond donors (Lipinski definition) is 1. The number of aryl methyl sites for hydroxylation is 1. The molecule has 4 rings (SSSR count). The SMILES string of the molecule is CCOC(=O)C1=C(C)NC2=C(C(=O)OC(c3ccc(OC)c(OC)c3)C2)C1c1ccc(C)cc1. The number of allylic oxidation sites excluding steroid dienone is 1. The van der Waals surface area contributed by atoms with Crippen molar-refractivity contribution in [1.29, 1.82) is 0 Å². The van der Waals surface area contributed by atoms with Crippen LogP contribution in [0.15, 0.2) is 65.0 Å². The maximum absolute atomic E-state index is 13.4. The van der Waals surface area contributed by atoms with E-state index in [2.05, 4.69) is 5.32 Å². The number of benzene rings is 2. The summed E-state index contributed by atoms with van der Waals surface area (Å²) in [7, 11) is 3.14. The zero-order valence-corrected chi connectivity index (χ0v) is 20.1. The zero-order chi connectivity index (χ0) is 24.4. The van der Waals surface area contributed by atoms with E-state index in [1.807, 2.05) is 50.2 Å². The molecule has 2 aromatic carbocycles. The van der Waals surface area contributed by atoms with Crippen molar-refractivity contribution < 1.29 is 28.5 Å². The summed E-state index contributed by atoms with van der Waals surface area (Å²) in [6.07, 6.45) is -0.0685. The zero-order valence-electron chi connectivity index (χ0n) is 20.1. The van der Waals surface area contributed by atoms with Crippen LogP contribution in [-0.4, -0.2) is 32.8 Å². The van der Waals surface area contributed by atoms with Crippen molar-refractivity contribution in [1.82, 2.24) is 5.32 Å². The molecule has 178 valence electrons. The Balaban J connectivity index is 1.77. The van der Waals surface area contributed by atoms with Crippen molar-refractivity contribution in [3.8, 4) is 11.5 Å². The maximum atomic E-state index is 13.4. The van der Waals surface area contributed by atoms with Gasteiger partial charge in [0.1, 0.15) is 6.10 Å². The van der Waals surface area contributed by atoms with E-state index in [0.29, 0.717) is 34.8 Å². The molecular weight excluding hydrogens is 434 g/mol. The first kappa shape index (κ1) is 23.4. The topological polar surface area (TPSA) is 83.1 Å². The first-order valence-corrected chi connectivity index (χ1v) is 11.2. The summed E-state index contributed by atoms with van der Waals surface area (Å²) in [5.41, 5.74) is 4.99. The van der Waals surface area contributed by atoms with Crippen LogP contribution in [0.4, 0.5) is 0 Å². The Morgan fingerprint density at radius 1 is 1.03 bits per heavy atom. The van der Waals surface area contributed by atoms with E-state index in [1.54, 1.807) is 27.2 Å². The van der Waals surface area contributed by atoms with Crippen LogP contribution in [0.2, 0.25) is 0 Å². The standard InChI is InChI=1S/C27H29NO6/c1-6-33-26(29)23-16(3)28-19-14-21(18-11-12-20(31-4)22(13-18)32-5)34-27(30)25(19)24(23)17-9-7-15(2)8-10-17/h7-13,21,24,28H,6,14H2,1-5H3. The van der Waals surface area contributed by atoms with Crippen molar-refractivity contribution in [2.75, 3.05) is 20.8 Å². The number of carbonyl (C=O) groups excluding carboxylic acids is 2. The van der Waals surface area contributed by atoms with E-state index in [1.165, 1.54) is 0 Å². The largest absolute Gasteiger partial charge is 0.493 e. The first-order chi connectivity index (χ1) is 16.4. The molecule has 2 aliphatic heterocycles. The molecule has 0 bridgehead atoms. The second-order valence-electron chi connectivity index (χ2n) is 8.33. The number of cyclic esters (lactones) is 1. The van der Waals surface area contributed by atoms with Gasteiger partial charge in [-0.3, -0.25) is 0 Å². The molecule has 7 heteroatoms. The minimum absolute atomic E-state index is 0.244. The Hall–Kier alpha value is -3.74. The van der Waals surface area contributed by atoms with Crippen molar-refractivity contribution in [3.63, 3.8) is 0 Å². The van der Waals surface area contributed by atoms with Gasteiger partial charge >= 0.3 is 11.9 Å². The normalized spacial score (nSPS) is 19.7. The lowest BCUT2D eigenvalue weighted by Crippen LogP contribution is -2.37. The molecule has 1 N–H and O–H groups in total. The van der Waals surface area contributed by atoms with Gasteiger partial charge in [-0.25, -0.2) is 9.59 Å². The molecule has 2 unspecified atom stereocenters. The molecule has 0 saturated carbocycles. The summed E-state index contributed by atoms with van der Waals surface area (Å²) in [4.78, 5) is 26.4. The second kappa shape index (κ2) is 9.63. The van der Waals surface area contributed by atoms with E-state index < -0.39 is 24.0 Å². The van der Waals surface area contributed by atoms with Crippen LogP contribution in [0.1, 0.15) is 49.0 Å². The minimum atomic E-state index is -0.574. The Morgan fingerprint density at radius 2 is 1.71 bits per heavy atom. The monoisotopic (exact) mass is 463 g/mol. The smallest absolute Gasteiger partial charge is 0.337 e. The molecule has 34 heavy (non-hydrogen) atoms. The number of dihydropyridines is 1. The summed E-state index contributed by atoms with van der Waals surface area (Å²) in [6.45, 7) is 5.83. The Labute approximate surface area is 199 Å². The summed E-state index contributed by atoms with van der Waals surface area (Å²) in [5.74, 6) is -0.324. The number of hydrogen-bond acceptors (Lipinski definition) is 7. The fourth-order valence-electron chi connectivity index (χ4n) is 4.53. The quantitative estimate of drug-likeness (QED) is 0.633. The number of ether oxygens (including phenoxy) is 4. The van der Waals surface area contributed by atoms with Gasteiger partial charge in [-0.2, -0.15) is 0 Å². The molecule has 0 aliphatic carbocycles. The Morgan fingerprint density at radius 3 is 2.35 bits per heavy atom. The first-order valence-electron chi connectivity index (χ1n) is 11.2. The lowest BCUT2D eigenvalue weighted by atomic mass is 9.78. The molecular formula is C27H29NO6. The van der Waals surface area contributed by atoms with Gasteiger partial charge in [0.15, 0.2) is 11.5 Å². The third kappa shape index (κ3) is 4.25. The third-order valence-corrected chi connectivity index (χ3v) is 6.19. The van der Waals surface area contributed by atoms with Gasteiger partial charge in [-0.05, 0) is 44.0 Å². The number of methoxy groups -OCH3 is 2. The molecule has 0 amide bonds. The molecule has 2 heterocycles. The minimum Gasteiger partial charge on any atom is -0.493 e. The lowest BCUT2D eigenvalue weighted by Gasteiger charge is -2.36. The predicted octanol–water partition coefficient (Wildman–Crippen LogP) is 4.48. The Kier molecular flexibility index (Phi) is 6.63. The number of rotatable bonds is 6. The average Bonchev–Trinajstić information content (AvgIpc) is 2.83. The van der Waals surface area contributed by atoms with Crippen LogP contribution in [-0.2, 0) is 19.1 Å². The molecule has 2 aromatic rings. The predicted molar refractivity (Wildman–Crippen MR) is 126 cm³/mol. The number of nitrogens with one attached hydrogen (secondary N) is 1. The Bertz CT molecular complexity index is 1180. The van der Waals surface area contributed by atoms with Crippen molar-refractivity contribution in [2.45, 2.75) is 39.2 Å². The molecule has 2 aliphatic rings. The van der Waals surface area contributed by atoms with E-state index in [9.17, 15) is 9.59 Å². The molecule has 0 saturated heterocycles. The van der Waals surface area contributed by atoms with Gasteiger partial charge in [-0.15, -0.1) is 0 Å². The van der Waals surface area contributed by atoms with Crippen LogP contribution in [0.25, 0.3) is 0 Å². The third-order valence-electron chi connectivity index (χ3n) is 6.19. The van der Waals surface area contributed by atoms with E-state index >= 15 is 0 Å². The number of carbonyl (C=O) groups is 2. The highest BCUT2D eigenvalue weighted by molar-refractivity contribution is 6.00. The van der Waals surface area contributed by atoms with Crippen molar-refractivity contribution in [2.24, 2.45) is 0 Å². The van der Waals surface area contributed by atoms with Gasteiger partial charge in [0.25, 0.3) is 0 Å². The fraction of sp³-hybridized carbons (Fsp3) is 0.333. The van der Waals surface area contributed by atoms with E-state index in [-0.39, 0.29) is 6.61 Å². The fourth-order valence-corrected chi connectivity index (χ4v) is 4.53. The van der Waals surface area contributed by atoms with Crippen molar-refractivity contribution in [3.05, 3.63) is 81.7 Å². The highest BCUT2D eigenvalue weighted by Crippen LogP contribution is 2.45. The second-order valence-corrected chi connectivity index (χ2v) is 8.33. The lowest BCUT2D eigenvalue weighted by molar-refractivity contribution is -0.146. The van der Waals surface area contributed by atoms with Crippen LogP contribution in [0.3, 0.4) is 0 Å². The molecule has 2 atom stereocenters. The van der Waals surface area contributed by atoms with Gasteiger partial charge < -0.3 is 24.3 Å². The van der Waals surface area contributed by atoms with Gasteiger partial charge in [0, 0.05) is 17.8 Å². The summed E-state index contributed by atoms with van der Waals surface area (Å²) in [6, 6.07) is 13.3. The van der Waals surface area contributed by atoms with Crippen LogP contribution >= 0.6 is 0 Å². The molecule has 0 aromatic heterocycles. The summed E-state index contributed by atoms with van der Waals surface area (Å²) < 4.78 is 22.0. The van der Waals surface area contributed by atoms with E-state index in [0.717, 1.165) is 22.4 Å². The molecule has 0 fully saturated rings. The molecule has 0 spiro atoms. The number of esters is 2. The molecule has 0 radical (unpaired) electrons. The molecule has 7 nitrogen and oxygen atoms in total. The van der Waals surface area contributed by atoms with Crippen LogP contribution < -0.4 is 14.8 Å².